The van der Waals surface area contributed by atoms with E-state index in [4.69, 9.17) is 16.3 Å². The molecule has 0 saturated carbocycles. The van der Waals surface area contributed by atoms with Crippen LogP contribution in [-0.4, -0.2) is 12.9 Å². The summed E-state index contributed by atoms with van der Waals surface area (Å²) in [6.07, 6.45) is 0.285. The third-order valence-electron chi connectivity index (χ3n) is 2.72. The zero-order valence-electron chi connectivity index (χ0n) is 10.0. The predicted octanol–water partition coefficient (Wildman–Crippen LogP) is 3.77. The Kier molecular flexibility index (Phi) is 4.00. The minimum atomic E-state index is -0.00917. The molecule has 92 valence electrons. The predicted molar refractivity (Wildman–Crippen MR) is 72.5 cm³/mol. The number of ketones is 1. The van der Waals surface area contributed by atoms with Crippen molar-refractivity contribution < 1.29 is 9.53 Å². The highest BCUT2D eigenvalue weighted by Gasteiger charge is 2.12. The molecule has 0 bridgehead atoms. The summed E-state index contributed by atoms with van der Waals surface area (Å²) < 4.78 is 5.23. The van der Waals surface area contributed by atoms with Gasteiger partial charge in [0.1, 0.15) is 5.75 Å². The normalized spacial score (nSPS) is 10.1. The Labute approximate surface area is 111 Å². The molecule has 0 aliphatic carbocycles. The van der Waals surface area contributed by atoms with Crippen molar-refractivity contribution in [1.82, 2.24) is 0 Å². The van der Waals surface area contributed by atoms with Gasteiger partial charge in [0.05, 0.1) is 12.1 Å². The number of Topliss-reactive ketones (excluding diaryl/α,β-unsaturated/α-hetero) is 1. The highest BCUT2D eigenvalue weighted by Crippen LogP contribution is 2.22. The fourth-order valence-corrected chi connectivity index (χ4v) is 2.05. The van der Waals surface area contributed by atoms with Crippen LogP contribution < -0.4 is 4.74 Å². The van der Waals surface area contributed by atoms with E-state index >= 15 is 0 Å². The van der Waals surface area contributed by atoms with Gasteiger partial charge >= 0.3 is 0 Å². The Morgan fingerprint density at radius 2 is 1.78 bits per heavy atom. The molecule has 0 saturated heterocycles. The third-order valence-corrected chi connectivity index (χ3v) is 3.05. The van der Waals surface area contributed by atoms with Gasteiger partial charge < -0.3 is 4.74 Å². The molecule has 0 heterocycles. The van der Waals surface area contributed by atoms with Gasteiger partial charge in [-0.3, -0.25) is 4.79 Å². The molecule has 0 aliphatic heterocycles. The van der Waals surface area contributed by atoms with Gasteiger partial charge in [0.25, 0.3) is 0 Å². The van der Waals surface area contributed by atoms with Crippen LogP contribution in [0.2, 0.25) is 5.02 Å². The maximum atomic E-state index is 12.2. The van der Waals surface area contributed by atoms with Crippen LogP contribution in [0.3, 0.4) is 0 Å². The second kappa shape index (κ2) is 5.69. The molecule has 0 radical (unpaired) electrons. The van der Waals surface area contributed by atoms with Gasteiger partial charge in [0.15, 0.2) is 5.78 Å². The highest BCUT2D eigenvalue weighted by molar-refractivity contribution is 6.34. The zero-order valence-corrected chi connectivity index (χ0v) is 10.8. The van der Waals surface area contributed by atoms with Crippen LogP contribution in [0.4, 0.5) is 0 Å². The summed E-state index contributed by atoms with van der Waals surface area (Å²) in [7, 11) is 1.60. The van der Waals surface area contributed by atoms with Gasteiger partial charge in [-0.05, 0) is 18.2 Å². The maximum absolute atomic E-state index is 12.2. The van der Waals surface area contributed by atoms with E-state index in [1.807, 2.05) is 30.3 Å². The van der Waals surface area contributed by atoms with Crippen molar-refractivity contribution in [2.75, 3.05) is 7.11 Å². The standard InChI is InChI=1S/C15H13ClO2/c1-18-15-9-5-2-6-11(15)10-14(17)12-7-3-4-8-13(12)16/h2-9H,10H2,1H3. The number of ether oxygens (including phenoxy) is 1. The van der Waals surface area contributed by atoms with Gasteiger partial charge in [0, 0.05) is 17.5 Å². The fourth-order valence-electron chi connectivity index (χ4n) is 1.80. The molecular weight excluding hydrogens is 248 g/mol. The summed E-state index contributed by atoms with van der Waals surface area (Å²) in [6.45, 7) is 0. The first kappa shape index (κ1) is 12.7. The van der Waals surface area contributed by atoms with Crippen LogP contribution in [0.1, 0.15) is 15.9 Å². The second-order valence-electron chi connectivity index (χ2n) is 3.89. The largest absolute Gasteiger partial charge is 0.496 e. The number of carbonyl (C=O) groups is 1. The number of hydrogen-bond acceptors (Lipinski definition) is 2. The van der Waals surface area contributed by atoms with Crippen molar-refractivity contribution >= 4 is 17.4 Å². The van der Waals surface area contributed by atoms with Crippen LogP contribution in [0, 0.1) is 0 Å². The Morgan fingerprint density at radius 1 is 1.11 bits per heavy atom. The Hall–Kier alpha value is -1.80. The third kappa shape index (κ3) is 2.71. The number of halogens is 1. The monoisotopic (exact) mass is 260 g/mol. The molecular formula is C15H13ClO2. The minimum absolute atomic E-state index is 0.00917. The second-order valence-corrected chi connectivity index (χ2v) is 4.30. The average molecular weight is 261 g/mol. The summed E-state index contributed by atoms with van der Waals surface area (Å²) in [6, 6.07) is 14.6. The van der Waals surface area contributed by atoms with Crippen molar-refractivity contribution in [2.45, 2.75) is 6.42 Å². The van der Waals surface area contributed by atoms with E-state index in [1.165, 1.54) is 0 Å². The molecule has 0 fully saturated rings. The van der Waals surface area contributed by atoms with E-state index < -0.39 is 0 Å². The van der Waals surface area contributed by atoms with Gasteiger partial charge in [-0.25, -0.2) is 0 Å². The smallest absolute Gasteiger partial charge is 0.168 e. The molecule has 2 rings (SSSR count). The molecule has 0 spiro atoms. The molecule has 0 amide bonds. The number of carbonyl (C=O) groups excluding carboxylic acids is 1. The first-order chi connectivity index (χ1) is 8.72. The molecule has 0 aromatic heterocycles. The van der Waals surface area contributed by atoms with Crippen molar-refractivity contribution in [1.29, 1.82) is 0 Å². The quantitative estimate of drug-likeness (QED) is 0.782. The lowest BCUT2D eigenvalue weighted by atomic mass is 10.0. The van der Waals surface area contributed by atoms with Crippen LogP contribution in [0.15, 0.2) is 48.5 Å². The van der Waals surface area contributed by atoms with Crippen molar-refractivity contribution in [3.8, 4) is 5.75 Å². The number of rotatable bonds is 4. The van der Waals surface area contributed by atoms with Gasteiger partial charge in [0.2, 0.25) is 0 Å². The van der Waals surface area contributed by atoms with Crippen LogP contribution in [0.5, 0.6) is 5.75 Å². The fraction of sp³-hybridized carbons (Fsp3) is 0.133. The number of para-hydroxylation sites is 1. The molecule has 2 nitrogen and oxygen atoms in total. The van der Waals surface area contributed by atoms with E-state index in [1.54, 1.807) is 25.3 Å². The molecule has 2 aromatic carbocycles. The molecule has 0 N–H and O–H groups in total. The average Bonchev–Trinajstić information content (AvgIpc) is 2.39. The van der Waals surface area contributed by atoms with Gasteiger partial charge in [-0.2, -0.15) is 0 Å². The lowest BCUT2D eigenvalue weighted by Crippen LogP contribution is -2.05. The van der Waals surface area contributed by atoms with E-state index in [2.05, 4.69) is 0 Å². The summed E-state index contributed by atoms with van der Waals surface area (Å²) >= 11 is 6.01. The van der Waals surface area contributed by atoms with Crippen molar-refractivity contribution in [3.05, 3.63) is 64.7 Å². The number of benzene rings is 2. The topological polar surface area (TPSA) is 26.3 Å². The summed E-state index contributed by atoms with van der Waals surface area (Å²) in [5, 5.41) is 0.484. The van der Waals surface area contributed by atoms with Gasteiger partial charge in [-0.1, -0.05) is 41.9 Å². The van der Waals surface area contributed by atoms with E-state index in [0.717, 1.165) is 11.3 Å². The Balaban J connectivity index is 2.24. The molecule has 18 heavy (non-hydrogen) atoms. The van der Waals surface area contributed by atoms with Crippen LogP contribution in [0.25, 0.3) is 0 Å². The lowest BCUT2D eigenvalue weighted by molar-refractivity contribution is 0.0992. The first-order valence-electron chi connectivity index (χ1n) is 5.62. The first-order valence-corrected chi connectivity index (χ1v) is 6.00. The molecule has 3 heteroatoms. The lowest BCUT2D eigenvalue weighted by Gasteiger charge is -2.08. The van der Waals surface area contributed by atoms with E-state index in [-0.39, 0.29) is 12.2 Å². The maximum Gasteiger partial charge on any atom is 0.168 e. The minimum Gasteiger partial charge on any atom is -0.496 e. The molecule has 0 unspecified atom stereocenters. The molecule has 2 aromatic rings. The SMILES string of the molecule is COc1ccccc1CC(=O)c1ccccc1Cl. The van der Waals surface area contributed by atoms with Crippen molar-refractivity contribution in [3.63, 3.8) is 0 Å². The molecule has 0 atom stereocenters. The van der Waals surface area contributed by atoms with E-state index in [9.17, 15) is 4.79 Å². The molecule has 0 aliphatic rings. The summed E-state index contributed by atoms with van der Waals surface area (Å²) in [5.74, 6) is 0.711. The summed E-state index contributed by atoms with van der Waals surface area (Å²) in [5.41, 5.74) is 1.41. The van der Waals surface area contributed by atoms with Gasteiger partial charge in [-0.15, -0.1) is 0 Å². The Morgan fingerprint density at radius 3 is 2.50 bits per heavy atom. The highest BCUT2D eigenvalue weighted by atomic mass is 35.5. The Bertz CT molecular complexity index is 564. The van der Waals surface area contributed by atoms with Crippen LogP contribution >= 0.6 is 11.6 Å². The number of methoxy groups -OCH3 is 1. The zero-order chi connectivity index (χ0) is 13.0. The number of hydrogen-bond donors (Lipinski definition) is 0. The summed E-state index contributed by atoms with van der Waals surface area (Å²) in [4.78, 5) is 12.2. The van der Waals surface area contributed by atoms with Crippen molar-refractivity contribution in [2.24, 2.45) is 0 Å². The van der Waals surface area contributed by atoms with E-state index in [0.29, 0.717) is 10.6 Å². The van der Waals surface area contributed by atoms with Crippen LogP contribution in [-0.2, 0) is 6.42 Å².